The van der Waals surface area contributed by atoms with Crippen LogP contribution < -0.4 is 15.8 Å². The van der Waals surface area contributed by atoms with Crippen LogP contribution in [0.3, 0.4) is 0 Å². The molecule has 6 heteroatoms. The van der Waals surface area contributed by atoms with E-state index in [2.05, 4.69) is 10.1 Å². The third-order valence-corrected chi connectivity index (χ3v) is 2.17. The van der Waals surface area contributed by atoms with Gasteiger partial charge in [0.25, 0.3) is 0 Å². The number of halogens is 2. The summed E-state index contributed by atoms with van der Waals surface area (Å²) in [6.45, 7) is -1.02. The topological polar surface area (TPSA) is 64.3 Å². The van der Waals surface area contributed by atoms with Gasteiger partial charge in [-0.2, -0.15) is 8.78 Å². The number of amides is 1. The molecule has 4 nitrogen and oxygen atoms in total. The van der Waals surface area contributed by atoms with E-state index in [1.165, 1.54) is 12.1 Å². The summed E-state index contributed by atoms with van der Waals surface area (Å²) >= 11 is 0. The molecule has 0 aromatic heterocycles. The SMILES string of the molecule is CC(NCC(N)=O)c1cccc(OC(F)F)c1. The van der Waals surface area contributed by atoms with E-state index in [-0.39, 0.29) is 18.3 Å². The number of carbonyl (C=O) groups excluding carboxylic acids is 1. The summed E-state index contributed by atoms with van der Waals surface area (Å²) in [5.74, 6) is -0.387. The number of nitrogens with one attached hydrogen (secondary N) is 1. The van der Waals surface area contributed by atoms with Crippen LogP contribution in [0.5, 0.6) is 5.75 Å². The van der Waals surface area contributed by atoms with Crippen molar-refractivity contribution in [1.82, 2.24) is 5.32 Å². The van der Waals surface area contributed by atoms with E-state index in [4.69, 9.17) is 5.73 Å². The molecule has 1 rings (SSSR count). The Balaban J connectivity index is 2.66. The van der Waals surface area contributed by atoms with Gasteiger partial charge in [0.15, 0.2) is 0 Å². The maximum absolute atomic E-state index is 12.0. The number of primary amides is 1. The number of alkyl halides is 2. The zero-order chi connectivity index (χ0) is 12.8. The summed E-state index contributed by atoms with van der Waals surface area (Å²) in [7, 11) is 0. The van der Waals surface area contributed by atoms with Crippen molar-refractivity contribution < 1.29 is 18.3 Å². The summed E-state index contributed by atoms with van der Waals surface area (Å²) in [5.41, 5.74) is 5.73. The van der Waals surface area contributed by atoms with Crippen LogP contribution in [-0.4, -0.2) is 19.1 Å². The molecule has 0 heterocycles. The van der Waals surface area contributed by atoms with Gasteiger partial charge in [0.05, 0.1) is 6.54 Å². The zero-order valence-electron chi connectivity index (χ0n) is 9.32. The standard InChI is InChI=1S/C11H14F2N2O2/c1-7(15-6-10(14)16)8-3-2-4-9(5-8)17-11(12)13/h2-5,7,11,15H,6H2,1H3,(H2,14,16). The molecule has 1 amide bonds. The van der Waals surface area contributed by atoms with Crippen molar-refractivity contribution in [2.24, 2.45) is 5.73 Å². The van der Waals surface area contributed by atoms with E-state index in [0.717, 1.165) is 5.56 Å². The Labute approximate surface area is 97.8 Å². The molecule has 0 aliphatic heterocycles. The fraction of sp³-hybridized carbons (Fsp3) is 0.364. The van der Waals surface area contributed by atoms with E-state index >= 15 is 0 Å². The quantitative estimate of drug-likeness (QED) is 0.795. The molecular weight excluding hydrogens is 230 g/mol. The largest absolute Gasteiger partial charge is 0.435 e. The van der Waals surface area contributed by atoms with Crippen LogP contribution in [0.4, 0.5) is 8.78 Å². The van der Waals surface area contributed by atoms with Gasteiger partial charge in [-0.15, -0.1) is 0 Å². The third kappa shape index (κ3) is 4.78. The Morgan fingerprint density at radius 2 is 2.24 bits per heavy atom. The molecule has 0 saturated heterocycles. The third-order valence-electron chi connectivity index (χ3n) is 2.17. The van der Waals surface area contributed by atoms with E-state index in [0.29, 0.717) is 0 Å². The Hall–Kier alpha value is -1.69. The van der Waals surface area contributed by atoms with Crippen LogP contribution in [0.1, 0.15) is 18.5 Å². The number of rotatable bonds is 6. The van der Waals surface area contributed by atoms with Crippen molar-refractivity contribution in [3.05, 3.63) is 29.8 Å². The smallest absolute Gasteiger partial charge is 0.387 e. The highest BCUT2D eigenvalue weighted by Crippen LogP contribution is 2.20. The van der Waals surface area contributed by atoms with E-state index in [1.807, 2.05) is 0 Å². The zero-order valence-corrected chi connectivity index (χ0v) is 9.32. The van der Waals surface area contributed by atoms with E-state index in [9.17, 15) is 13.6 Å². The molecule has 1 aromatic carbocycles. The number of ether oxygens (including phenoxy) is 1. The van der Waals surface area contributed by atoms with Crippen LogP contribution in [0, 0.1) is 0 Å². The summed E-state index contributed by atoms with van der Waals surface area (Å²) < 4.78 is 28.3. The van der Waals surface area contributed by atoms with Gasteiger partial charge in [-0.1, -0.05) is 12.1 Å². The second-order valence-corrected chi connectivity index (χ2v) is 3.52. The molecule has 1 aromatic rings. The fourth-order valence-corrected chi connectivity index (χ4v) is 1.33. The Morgan fingerprint density at radius 3 is 2.82 bits per heavy atom. The van der Waals surface area contributed by atoms with E-state index < -0.39 is 12.5 Å². The fourth-order valence-electron chi connectivity index (χ4n) is 1.33. The maximum atomic E-state index is 12.0. The maximum Gasteiger partial charge on any atom is 0.387 e. The van der Waals surface area contributed by atoms with Crippen molar-refractivity contribution in [3.63, 3.8) is 0 Å². The highest BCUT2D eigenvalue weighted by atomic mass is 19.3. The minimum Gasteiger partial charge on any atom is -0.435 e. The number of benzene rings is 1. The van der Waals surface area contributed by atoms with Crippen LogP contribution in [0.15, 0.2) is 24.3 Å². The van der Waals surface area contributed by atoms with Crippen molar-refractivity contribution in [3.8, 4) is 5.75 Å². The van der Waals surface area contributed by atoms with Gasteiger partial charge in [0.2, 0.25) is 5.91 Å². The molecule has 1 unspecified atom stereocenters. The van der Waals surface area contributed by atoms with Gasteiger partial charge >= 0.3 is 6.61 Å². The van der Waals surface area contributed by atoms with Crippen molar-refractivity contribution in [2.75, 3.05) is 6.54 Å². The van der Waals surface area contributed by atoms with Gasteiger partial charge < -0.3 is 15.8 Å². The number of hydrogen-bond donors (Lipinski definition) is 2. The molecule has 0 spiro atoms. The first-order chi connectivity index (χ1) is 7.99. The second kappa shape index (κ2) is 6.15. The van der Waals surface area contributed by atoms with Gasteiger partial charge in [0.1, 0.15) is 5.75 Å². The molecule has 3 N–H and O–H groups in total. The predicted molar refractivity (Wildman–Crippen MR) is 58.7 cm³/mol. The molecule has 0 bridgehead atoms. The van der Waals surface area contributed by atoms with Crippen molar-refractivity contribution in [2.45, 2.75) is 19.6 Å². The van der Waals surface area contributed by atoms with Crippen LogP contribution in [0.2, 0.25) is 0 Å². The monoisotopic (exact) mass is 244 g/mol. The number of carbonyl (C=O) groups is 1. The molecule has 1 atom stereocenters. The predicted octanol–water partition coefficient (Wildman–Crippen LogP) is 1.42. The minimum atomic E-state index is -2.85. The van der Waals surface area contributed by atoms with Gasteiger partial charge in [0, 0.05) is 6.04 Å². The molecular formula is C11H14F2N2O2. The van der Waals surface area contributed by atoms with Gasteiger partial charge in [-0.3, -0.25) is 4.79 Å². The van der Waals surface area contributed by atoms with Crippen molar-refractivity contribution >= 4 is 5.91 Å². The first kappa shape index (κ1) is 13.4. The second-order valence-electron chi connectivity index (χ2n) is 3.52. The highest BCUT2D eigenvalue weighted by molar-refractivity contribution is 5.75. The van der Waals surface area contributed by atoms with Crippen LogP contribution in [0.25, 0.3) is 0 Å². The summed E-state index contributed by atoms with van der Waals surface area (Å²) in [6.07, 6.45) is 0. The molecule has 94 valence electrons. The van der Waals surface area contributed by atoms with Crippen LogP contribution in [-0.2, 0) is 4.79 Å². The first-order valence-corrected chi connectivity index (χ1v) is 5.05. The molecule has 0 saturated carbocycles. The Bertz CT molecular complexity index is 385. The lowest BCUT2D eigenvalue weighted by molar-refractivity contribution is -0.117. The Kier molecular flexibility index (Phi) is 4.84. The van der Waals surface area contributed by atoms with Crippen molar-refractivity contribution in [1.29, 1.82) is 0 Å². The average molecular weight is 244 g/mol. The lowest BCUT2D eigenvalue weighted by Gasteiger charge is -2.14. The molecule has 17 heavy (non-hydrogen) atoms. The lowest BCUT2D eigenvalue weighted by atomic mass is 10.1. The van der Waals surface area contributed by atoms with Gasteiger partial charge in [-0.05, 0) is 24.6 Å². The highest BCUT2D eigenvalue weighted by Gasteiger charge is 2.09. The summed E-state index contributed by atoms with van der Waals surface area (Å²) in [5, 5.41) is 2.86. The normalized spacial score (nSPS) is 12.5. The Morgan fingerprint density at radius 1 is 1.53 bits per heavy atom. The van der Waals surface area contributed by atoms with Gasteiger partial charge in [-0.25, -0.2) is 0 Å². The molecule has 0 radical (unpaired) electrons. The minimum absolute atomic E-state index is 0.0289. The number of hydrogen-bond acceptors (Lipinski definition) is 3. The van der Waals surface area contributed by atoms with Crippen LogP contribution >= 0.6 is 0 Å². The van der Waals surface area contributed by atoms with E-state index in [1.54, 1.807) is 19.1 Å². The molecule has 0 fully saturated rings. The lowest BCUT2D eigenvalue weighted by Crippen LogP contribution is -2.30. The summed E-state index contributed by atoms with van der Waals surface area (Å²) in [6, 6.07) is 6.11. The summed E-state index contributed by atoms with van der Waals surface area (Å²) in [4.78, 5) is 10.6. The molecule has 0 aliphatic carbocycles. The first-order valence-electron chi connectivity index (χ1n) is 5.05. The number of nitrogens with two attached hydrogens (primary N) is 1. The average Bonchev–Trinajstić information content (AvgIpc) is 2.25. The molecule has 0 aliphatic rings.